The van der Waals surface area contributed by atoms with Crippen LogP contribution in [0.15, 0.2) is 18.2 Å². The molecule has 1 aliphatic rings. The maximum atomic E-state index is 2.54. The third kappa shape index (κ3) is 2.86. The van der Waals surface area contributed by atoms with E-state index in [4.69, 9.17) is 0 Å². The highest BCUT2D eigenvalue weighted by molar-refractivity contribution is 5.51. The van der Waals surface area contributed by atoms with Gasteiger partial charge in [0.15, 0.2) is 0 Å². The Kier molecular flexibility index (Phi) is 4.28. The summed E-state index contributed by atoms with van der Waals surface area (Å²) in [5.74, 6) is 0. The van der Waals surface area contributed by atoms with Crippen LogP contribution in [0.1, 0.15) is 30.9 Å². The van der Waals surface area contributed by atoms with Crippen molar-refractivity contribution in [2.75, 3.05) is 32.1 Å². The summed E-state index contributed by atoms with van der Waals surface area (Å²) in [7, 11) is 4.39. The normalized spacial score (nSPS) is 17.5. The van der Waals surface area contributed by atoms with Crippen LogP contribution in [-0.2, 0) is 6.42 Å². The predicted octanol–water partition coefficient (Wildman–Crippen LogP) is 3.09. The molecule has 0 saturated carbocycles. The van der Waals surface area contributed by atoms with E-state index in [1.807, 2.05) is 0 Å². The van der Waals surface area contributed by atoms with Crippen LogP contribution in [-0.4, -0.2) is 38.1 Å². The van der Waals surface area contributed by atoms with Gasteiger partial charge in [-0.3, -0.25) is 0 Å². The number of aryl methyl sites for hydroxylation is 2. The third-order valence-electron chi connectivity index (χ3n) is 4.27. The Morgan fingerprint density at radius 3 is 2.44 bits per heavy atom. The Hall–Kier alpha value is -1.02. The van der Waals surface area contributed by atoms with Crippen LogP contribution in [0.4, 0.5) is 5.69 Å². The van der Waals surface area contributed by atoms with Gasteiger partial charge in [0, 0.05) is 24.8 Å². The molecule has 0 N–H and O–H groups in total. The van der Waals surface area contributed by atoms with Crippen molar-refractivity contribution in [3.05, 3.63) is 29.3 Å². The molecule has 0 atom stereocenters. The predicted molar refractivity (Wildman–Crippen MR) is 79.5 cm³/mol. The van der Waals surface area contributed by atoms with Crippen LogP contribution in [0, 0.1) is 6.92 Å². The topological polar surface area (TPSA) is 6.48 Å². The van der Waals surface area contributed by atoms with Gasteiger partial charge in [0.05, 0.1) is 0 Å². The largest absolute Gasteiger partial charge is 0.371 e. The molecule has 1 aromatic rings. The molecule has 1 heterocycles. The van der Waals surface area contributed by atoms with E-state index >= 15 is 0 Å². The number of hydrogen-bond donors (Lipinski definition) is 0. The van der Waals surface area contributed by atoms with Crippen molar-refractivity contribution in [3.8, 4) is 0 Å². The van der Waals surface area contributed by atoms with E-state index in [1.165, 1.54) is 42.7 Å². The van der Waals surface area contributed by atoms with Crippen LogP contribution in [0.5, 0.6) is 0 Å². The zero-order chi connectivity index (χ0) is 13.1. The van der Waals surface area contributed by atoms with Crippen LogP contribution < -0.4 is 4.90 Å². The highest BCUT2D eigenvalue weighted by Gasteiger charge is 2.20. The molecule has 1 aromatic carbocycles. The fourth-order valence-electron chi connectivity index (χ4n) is 2.88. The van der Waals surface area contributed by atoms with Crippen LogP contribution in [0.25, 0.3) is 0 Å². The molecule has 2 nitrogen and oxygen atoms in total. The van der Waals surface area contributed by atoms with Crippen molar-refractivity contribution < 1.29 is 0 Å². The van der Waals surface area contributed by atoms with E-state index in [9.17, 15) is 0 Å². The molecule has 0 spiro atoms. The molecule has 18 heavy (non-hydrogen) atoms. The SMILES string of the molecule is CCc1cc(N2CCC(N(C)C)CC2)ccc1C. The summed E-state index contributed by atoms with van der Waals surface area (Å²) >= 11 is 0. The molecule has 0 amide bonds. The van der Waals surface area contributed by atoms with Crippen molar-refractivity contribution in [1.29, 1.82) is 0 Å². The third-order valence-corrected chi connectivity index (χ3v) is 4.27. The lowest BCUT2D eigenvalue weighted by molar-refractivity contribution is 0.249. The Morgan fingerprint density at radius 1 is 1.22 bits per heavy atom. The van der Waals surface area contributed by atoms with E-state index in [0.717, 1.165) is 12.5 Å². The number of hydrogen-bond acceptors (Lipinski definition) is 2. The molecule has 2 heteroatoms. The first kappa shape index (κ1) is 13.4. The lowest BCUT2D eigenvalue weighted by Gasteiger charge is -2.36. The van der Waals surface area contributed by atoms with Gasteiger partial charge in [-0.2, -0.15) is 0 Å². The van der Waals surface area contributed by atoms with E-state index in [1.54, 1.807) is 0 Å². The standard InChI is InChI=1S/C16H26N2/c1-5-14-12-16(7-6-13(14)2)18-10-8-15(9-11-18)17(3)4/h6-7,12,15H,5,8-11H2,1-4H3. The smallest absolute Gasteiger partial charge is 0.0369 e. The summed E-state index contributed by atoms with van der Waals surface area (Å²) in [6.07, 6.45) is 3.69. The van der Waals surface area contributed by atoms with E-state index in [0.29, 0.717) is 0 Å². The lowest BCUT2D eigenvalue weighted by Crippen LogP contribution is -2.42. The fourth-order valence-corrected chi connectivity index (χ4v) is 2.88. The number of benzene rings is 1. The van der Waals surface area contributed by atoms with Crippen molar-refractivity contribution in [2.24, 2.45) is 0 Å². The quantitative estimate of drug-likeness (QED) is 0.808. The number of rotatable bonds is 3. The molecule has 100 valence electrons. The number of anilines is 1. The average molecular weight is 246 g/mol. The summed E-state index contributed by atoms with van der Waals surface area (Å²) in [6.45, 7) is 6.83. The monoisotopic (exact) mass is 246 g/mol. The Bertz CT molecular complexity index is 390. The number of piperidine rings is 1. The molecule has 0 unspecified atom stereocenters. The summed E-state index contributed by atoms with van der Waals surface area (Å²) in [5.41, 5.74) is 4.32. The van der Waals surface area contributed by atoms with Gasteiger partial charge in [-0.25, -0.2) is 0 Å². The van der Waals surface area contributed by atoms with Crippen molar-refractivity contribution >= 4 is 5.69 Å². The molecule has 0 bridgehead atoms. The van der Waals surface area contributed by atoms with Crippen molar-refractivity contribution in [1.82, 2.24) is 4.90 Å². The van der Waals surface area contributed by atoms with Gasteiger partial charge < -0.3 is 9.80 Å². The van der Waals surface area contributed by atoms with Crippen LogP contribution >= 0.6 is 0 Å². The molecule has 1 aliphatic heterocycles. The Balaban J connectivity index is 2.05. The first-order valence-corrected chi connectivity index (χ1v) is 7.12. The molecular weight excluding hydrogens is 220 g/mol. The molecular formula is C16H26N2. The van der Waals surface area contributed by atoms with E-state index in [-0.39, 0.29) is 0 Å². The molecule has 0 aromatic heterocycles. The minimum Gasteiger partial charge on any atom is -0.371 e. The minimum atomic E-state index is 0.761. The number of nitrogens with zero attached hydrogens (tertiary/aromatic N) is 2. The van der Waals surface area contributed by atoms with Crippen LogP contribution in [0.3, 0.4) is 0 Å². The van der Waals surface area contributed by atoms with Gasteiger partial charge in [-0.15, -0.1) is 0 Å². The Morgan fingerprint density at radius 2 is 1.89 bits per heavy atom. The summed E-state index contributed by atoms with van der Waals surface area (Å²) in [6, 6.07) is 7.69. The van der Waals surface area contributed by atoms with Crippen molar-refractivity contribution in [2.45, 2.75) is 39.2 Å². The molecule has 0 aliphatic carbocycles. The molecule has 2 rings (SSSR count). The first-order chi connectivity index (χ1) is 8.61. The second-order valence-electron chi connectivity index (χ2n) is 5.65. The average Bonchev–Trinajstić information content (AvgIpc) is 2.39. The Labute approximate surface area is 112 Å². The fraction of sp³-hybridized carbons (Fsp3) is 0.625. The van der Waals surface area contributed by atoms with Crippen LogP contribution in [0.2, 0.25) is 0 Å². The summed E-state index contributed by atoms with van der Waals surface area (Å²) in [4.78, 5) is 4.91. The highest BCUT2D eigenvalue weighted by atomic mass is 15.2. The highest BCUT2D eigenvalue weighted by Crippen LogP contribution is 2.24. The summed E-state index contributed by atoms with van der Waals surface area (Å²) < 4.78 is 0. The van der Waals surface area contributed by atoms with Gasteiger partial charge in [0.25, 0.3) is 0 Å². The second-order valence-corrected chi connectivity index (χ2v) is 5.65. The van der Waals surface area contributed by atoms with Gasteiger partial charge in [0.1, 0.15) is 0 Å². The molecule has 1 fully saturated rings. The molecule has 1 saturated heterocycles. The van der Waals surface area contributed by atoms with Gasteiger partial charge in [-0.1, -0.05) is 13.0 Å². The van der Waals surface area contributed by atoms with Gasteiger partial charge in [-0.05, 0) is 63.5 Å². The lowest BCUT2D eigenvalue weighted by atomic mass is 10.0. The van der Waals surface area contributed by atoms with E-state index < -0.39 is 0 Å². The summed E-state index contributed by atoms with van der Waals surface area (Å²) in [5, 5.41) is 0. The minimum absolute atomic E-state index is 0.761. The zero-order valence-corrected chi connectivity index (χ0v) is 12.2. The van der Waals surface area contributed by atoms with E-state index in [2.05, 4.69) is 55.9 Å². The van der Waals surface area contributed by atoms with Gasteiger partial charge in [0.2, 0.25) is 0 Å². The van der Waals surface area contributed by atoms with Gasteiger partial charge >= 0.3 is 0 Å². The van der Waals surface area contributed by atoms with Crippen molar-refractivity contribution in [3.63, 3.8) is 0 Å². The zero-order valence-electron chi connectivity index (χ0n) is 12.2. The second kappa shape index (κ2) is 5.75. The first-order valence-electron chi connectivity index (χ1n) is 7.12. The molecule has 0 radical (unpaired) electrons. The maximum Gasteiger partial charge on any atom is 0.0369 e. The maximum absolute atomic E-state index is 2.54.